The largest absolute Gasteiger partial charge is 0.313 e. The highest BCUT2D eigenvalue weighted by Crippen LogP contribution is 2.29. The fourth-order valence-corrected chi connectivity index (χ4v) is 2.83. The number of likely N-dealkylation sites (N-methyl/N-ethyl adjacent to an activating group) is 1. The molecule has 0 fully saturated rings. The molecular formula is C15H14BrCl2N. The summed E-state index contributed by atoms with van der Waals surface area (Å²) in [6.07, 6.45) is 0.761. The van der Waals surface area contributed by atoms with Crippen LogP contribution in [-0.2, 0) is 6.42 Å². The van der Waals surface area contributed by atoms with Gasteiger partial charge in [0.2, 0.25) is 0 Å². The second kappa shape index (κ2) is 6.76. The van der Waals surface area contributed by atoms with E-state index in [2.05, 4.69) is 33.4 Å². The average molecular weight is 359 g/mol. The van der Waals surface area contributed by atoms with Gasteiger partial charge in [-0.05, 0) is 48.9 Å². The van der Waals surface area contributed by atoms with Crippen molar-refractivity contribution < 1.29 is 0 Å². The minimum Gasteiger partial charge on any atom is -0.313 e. The second-order valence-electron chi connectivity index (χ2n) is 4.30. The highest BCUT2D eigenvalue weighted by Gasteiger charge is 2.14. The van der Waals surface area contributed by atoms with Crippen LogP contribution < -0.4 is 5.32 Å². The molecule has 4 heteroatoms. The van der Waals surface area contributed by atoms with Crippen molar-refractivity contribution in [1.82, 2.24) is 5.32 Å². The molecule has 0 aliphatic carbocycles. The molecule has 0 aliphatic heterocycles. The molecule has 0 saturated heterocycles. The smallest absolute Gasteiger partial charge is 0.0453 e. The first kappa shape index (κ1) is 14.9. The molecule has 1 atom stereocenters. The van der Waals surface area contributed by atoms with E-state index in [-0.39, 0.29) is 6.04 Å². The Kier molecular flexibility index (Phi) is 5.28. The Morgan fingerprint density at radius 2 is 1.63 bits per heavy atom. The Hall–Kier alpha value is -0.540. The maximum Gasteiger partial charge on any atom is 0.0453 e. The summed E-state index contributed by atoms with van der Waals surface area (Å²) in [5.41, 5.74) is 2.19. The van der Waals surface area contributed by atoms with Gasteiger partial charge < -0.3 is 5.32 Å². The first-order chi connectivity index (χ1) is 9.11. The summed E-state index contributed by atoms with van der Waals surface area (Å²) in [6, 6.07) is 14.1. The van der Waals surface area contributed by atoms with Crippen molar-refractivity contribution in [1.29, 1.82) is 0 Å². The van der Waals surface area contributed by atoms with Gasteiger partial charge in [-0.3, -0.25) is 0 Å². The molecule has 2 aromatic rings. The molecule has 2 rings (SSSR count). The Morgan fingerprint density at radius 1 is 1.05 bits per heavy atom. The Balaban J connectivity index is 2.26. The zero-order chi connectivity index (χ0) is 13.8. The molecule has 2 aromatic carbocycles. The van der Waals surface area contributed by atoms with E-state index in [4.69, 9.17) is 23.2 Å². The van der Waals surface area contributed by atoms with Gasteiger partial charge in [-0.25, -0.2) is 0 Å². The first-order valence-corrected chi connectivity index (χ1v) is 7.52. The standard InChI is InChI=1S/C15H14BrCl2N/c1-19-15(10-5-7-11(16)8-6-10)9-12-13(17)3-2-4-14(12)18/h2-8,15,19H,9H2,1H3. The van der Waals surface area contributed by atoms with E-state index in [9.17, 15) is 0 Å². The predicted molar refractivity (Wildman–Crippen MR) is 86.1 cm³/mol. The van der Waals surface area contributed by atoms with E-state index in [1.165, 1.54) is 5.56 Å². The number of nitrogens with one attached hydrogen (secondary N) is 1. The first-order valence-electron chi connectivity index (χ1n) is 5.97. The minimum atomic E-state index is 0.186. The SMILES string of the molecule is CNC(Cc1c(Cl)cccc1Cl)c1ccc(Br)cc1. The van der Waals surface area contributed by atoms with Gasteiger partial charge in [0.25, 0.3) is 0 Å². The molecule has 0 bridgehead atoms. The third kappa shape index (κ3) is 3.73. The third-order valence-corrected chi connectivity index (χ3v) is 4.33. The number of rotatable bonds is 4. The topological polar surface area (TPSA) is 12.0 Å². The van der Waals surface area contributed by atoms with Crippen molar-refractivity contribution in [3.8, 4) is 0 Å². The summed E-state index contributed by atoms with van der Waals surface area (Å²) in [7, 11) is 1.94. The third-order valence-electron chi connectivity index (χ3n) is 3.09. The van der Waals surface area contributed by atoms with E-state index >= 15 is 0 Å². The maximum absolute atomic E-state index is 6.22. The molecule has 0 aliphatic rings. The van der Waals surface area contributed by atoms with Crippen LogP contribution in [0.2, 0.25) is 10.0 Å². The van der Waals surface area contributed by atoms with Crippen molar-refractivity contribution in [3.05, 3.63) is 68.1 Å². The van der Waals surface area contributed by atoms with E-state index in [1.807, 2.05) is 37.4 Å². The van der Waals surface area contributed by atoms with Gasteiger partial charge >= 0.3 is 0 Å². The van der Waals surface area contributed by atoms with Crippen molar-refractivity contribution in [2.75, 3.05) is 7.05 Å². The number of halogens is 3. The van der Waals surface area contributed by atoms with Gasteiger partial charge in [0.15, 0.2) is 0 Å². The lowest BCUT2D eigenvalue weighted by Crippen LogP contribution is -2.19. The van der Waals surface area contributed by atoms with Gasteiger partial charge in [-0.1, -0.05) is 57.3 Å². The number of hydrogen-bond donors (Lipinski definition) is 1. The fourth-order valence-electron chi connectivity index (χ4n) is 2.01. The molecule has 0 aromatic heterocycles. The van der Waals surface area contributed by atoms with E-state index in [0.29, 0.717) is 10.0 Å². The molecule has 19 heavy (non-hydrogen) atoms. The predicted octanol–water partition coefficient (Wildman–Crippen LogP) is 5.26. The van der Waals surface area contributed by atoms with Crippen molar-refractivity contribution in [2.45, 2.75) is 12.5 Å². The molecule has 0 amide bonds. The lowest BCUT2D eigenvalue weighted by molar-refractivity contribution is 0.592. The van der Waals surface area contributed by atoms with Crippen LogP contribution in [0.4, 0.5) is 0 Å². The Labute approximate surface area is 132 Å². The summed E-state index contributed by atoms with van der Waals surface area (Å²) in [4.78, 5) is 0. The van der Waals surface area contributed by atoms with Gasteiger partial charge in [0, 0.05) is 20.6 Å². The molecule has 1 N–H and O–H groups in total. The monoisotopic (exact) mass is 357 g/mol. The van der Waals surface area contributed by atoms with Crippen LogP contribution in [0.15, 0.2) is 46.9 Å². The van der Waals surface area contributed by atoms with E-state index in [0.717, 1.165) is 16.5 Å². The van der Waals surface area contributed by atoms with Gasteiger partial charge in [-0.15, -0.1) is 0 Å². The molecule has 0 spiro atoms. The van der Waals surface area contributed by atoms with Crippen LogP contribution in [-0.4, -0.2) is 7.05 Å². The quantitative estimate of drug-likeness (QED) is 0.786. The van der Waals surface area contributed by atoms with Crippen LogP contribution in [0.1, 0.15) is 17.2 Å². The Bertz CT molecular complexity index is 534. The summed E-state index contributed by atoms with van der Waals surface area (Å²) in [6.45, 7) is 0. The van der Waals surface area contributed by atoms with Crippen molar-refractivity contribution >= 4 is 39.1 Å². The van der Waals surface area contributed by atoms with Crippen molar-refractivity contribution in [3.63, 3.8) is 0 Å². The van der Waals surface area contributed by atoms with Gasteiger partial charge in [0.1, 0.15) is 0 Å². The molecule has 0 saturated carbocycles. The van der Waals surface area contributed by atoms with Gasteiger partial charge in [-0.2, -0.15) is 0 Å². The molecule has 1 unspecified atom stereocenters. The highest BCUT2D eigenvalue weighted by atomic mass is 79.9. The Morgan fingerprint density at radius 3 is 2.16 bits per heavy atom. The normalized spacial score (nSPS) is 12.4. The molecule has 0 radical (unpaired) electrons. The second-order valence-corrected chi connectivity index (χ2v) is 6.03. The summed E-state index contributed by atoms with van der Waals surface area (Å²) >= 11 is 15.9. The van der Waals surface area contributed by atoms with Crippen LogP contribution in [0.3, 0.4) is 0 Å². The van der Waals surface area contributed by atoms with Crippen LogP contribution >= 0.6 is 39.1 Å². The molecule has 100 valence electrons. The van der Waals surface area contributed by atoms with Crippen LogP contribution in [0.25, 0.3) is 0 Å². The molecule has 0 heterocycles. The van der Waals surface area contributed by atoms with Gasteiger partial charge in [0.05, 0.1) is 0 Å². The van der Waals surface area contributed by atoms with E-state index < -0.39 is 0 Å². The summed E-state index contributed by atoms with van der Waals surface area (Å²) in [5, 5.41) is 4.73. The van der Waals surface area contributed by atoms with E-state index in [1.54, 1.807) is 0 Å². The zero-order valence-electron chi connectivity index (χ0n) is 10.5. The average Bonchev–Trinajstić information content (AvgIpc) is 2.40. The molecular weight excluding hydrogens is 345 g/mol. The molecule has 1 nitrogen and oxygen atoms in total. The fraction of sp³-hybridized carbons (Fsp3) is 0.200. The summed E-state index contributed by atoms with van der Waals surface area (Å²) in [5.74, 6) is 0. The lowest BCUT2D eigenvalue weighted by atomic mass is 9.99. The highest BCUT2D eigenvalue weighted by molar-refractivity contribution is 9.10. The van der Waals surface area contributed by atoms with Crippen molar-refractivity contribution in [2.24, 2.45) is 0 Å². The van der Waals surface area contributed by atoms with Crippen LogP contribution in [0.5, 0.6) is 0 Å². The lowest BCUT2D eigenvalue weighted by Gasteiger charge is -2.18. The number of benzene rings is 2. The minimum absolute atomic E-state index is 0.186. The number of hydrogen-bond acceptors (Lipinski definition) is 1. The maximum atomic E-state index is 6.22. The van der Waals surface area contributed by atoms with Crippen LogP contribution in [0, 0.1) is 0 Å². The zero-order valence-corrected chi connectivity index (χ0v) is 13.6. The summed E-state index contributed by atoms with van der Waals surface area (Å²) < 4.78 is 1.07.